The molecular weight excluding hydrogens is 322 g/mol. The second-order valence-electron chi connectivity index (χ2n) is 6.87. The maximum Gasteiger partial charge on any atom is 0.325 e. The number of hydrogen-bond donors (Lipinski definition) is 2. The van der Waals surface area contributed by atoms with Crippen LogP contribution in [0.5, 0.6) is 0 Å². The molecule has 2 heterocycles. The molecule has 4 atom stereocenters. The van der Waals surface area contributed by atoms with Gasteiger partial charge in [-0.2, -0.15) is 0 Å². The van der Waals surface area contributed by atoms with E-state index in [-0.39, 0.29) is 43.0 Å². The molecule has 2 aliphatic heterocycles. The highest BCUT2D eigenvalue weighted by molar-refractivity contribution is 6.04. The van der Waals surface area contributed by atoms with Gasteiger partial charge in [-0.15, -0.1) is 0 Å². The van der Waals surface area contributed by atoms with Crippen LogP contribution in [-0.4, -0.2) is 54.6 Å². The number of hydrogen-bond acceptors (Lipinski definition) is 4. The molecular formula is C18H21N3O4. The number of fused-ring (bicyclic) bond motifs is 1. The summed E-state index contributed by atoms with van der Waals surface area (Å²) in [6.07, 6.45) is 1.96. The summed E-state index contributed by atoms with van der Waals surface area (Å²) >= 11 is 0. The van der Waals surface area contributed by atoms with Crippen molar-refractivity contribution < 1.29 is 19.1 Å². The quantitative estimate of drug-likeness (QED) is 0.753. The van der Waals surface area contributed by atoms with E-state index in [0.29, 0.717) is 5.92 Å². The van der Waals surface area contributed by atoms with E-state index < -0.39 is 6.03 Å². The molecule has 4 amide bonds. The topological polar surface area (TPSA) is 87.7 Å². The average Bonchev–Trinajstić information content (AvgIpc) is 3.18. The molecule has 7 heteroatoms. The molecule has 1 saturated carbocycles. The standard InChI is InChI=1S/C18H21N3O4/c22-14(10-21-15(23)9-19-18(21)24)20-16-12-6-7-25-17(12)13(16)8-11-4-2-1-3-5-11/h1-5,12-13,16-17H,6-10H2,(H,19,24)(H,20,22)/t12-,13+,16-,17-/m1/s1. The van der Waals surface area contributed by atoms with Crippen LogP contribution in [0.1, 0.15) is 12.0 Å². The van der Waals surface area contributed by atoms with E-state index in [1.807, 2.05) is 18.2 Å². The highest BCUT2D eigenvalue weighted by Gasteiger charge is 2.54. The predicted octanol–water partition coefficient (Wildman–Crippen LogP) is 0.301. The van der Waals surface area contributed by atoms with Crippen molar-refractivity contribution in [3.8, 4) is 0 Å². The molecule has 0 spiro atoms. The van der Waals surface area contributed by atoms with Gasteiger partial charge >= 0.3 is 6.03 Å². The molecule has 4 rings (SSSR count). The third-order valence-corrected chi connectivity index (χ3v) is 5.41. The lowest BCUT2D eigenvalue weighted by atomic mass is 9.64. The van der Waals surface area contributed by atoms with E-state index in [4.69, 9.17) is 4.74 Å². The Kier molecular flexibility index (Phi) is 4.17. The first-order chi connectivity index (χ1) is 12.1. The van der Waals surface area contributed by atoms with Crippen LogP contribution in [0.4, 0.5) is 4.79 Å². The number of ether oxygens (including phenoxy) is 1. The fourth-order valence-electron chi connectivity index (χ4n) is 4.16. The van der Waals surface area contributed by atoms with Gasteiger partial charge < -0.3 is 15.4 Å². The van der Waals surface area contributed by atoms with Gasteiger partial charge in [0.25, 0.3) is 5.91 Å². The van der Waals surface area contributed by atoms with Crippen LogP contribution >= 0.6 is 0 Å². The van der Waals surface area contributed by atoms with Crippen molar-refractivity contribution in [1.82, 2.24) is 15.5 Å². The van der Waals surface area contributed by atoms with Crippen LogP contribution in [0, 0.1) is 11.8 Å². The second kappa shape index (κ2) is 6.48. The zero-order valence-electron chi connectivity index (χ0n) is 13.8. The smallest absolute Gasteiger partial charge is 0.325 e. The number of nitrogens with zero attached hydrogens (tertiary/aromatic N) is 1. The van der Waals surface area contributed by atoms with Gasteiger partial charge in [-0.25, -0.2) is 4.79 Å². The number of carbonyl (C=O) groups is 3. The van der Waals surface area contributed by atoms with Gasteiger partial charge in [-0.1, -0.05) is 30.3 Å². The number of carbonyl (C=O) groups excluding carboxylic acids is 3. The van der Waals surface area contributed by atoms with Crippen LogP contribution in [-0.2, 0) is 20.7 Å². The largest absolute Gasteiger partial charge is 0.377 e. The van der Waals surface area contributed by atoms with Gasteiger partial charge in [-0.05, 0) is 18.4 Å². The SMILES string of the molecule is O=C(CN1C(=O)CNC1=O)N[C@@H]1[C@H]2CCO[C@H]2[C@H]1Cc1ccccc1. The summed E-state index contributed by atoms with van der Waals surface area (Å²) in [7, 11) is 0. The number of urea groups is 1. The summed E-state index contributed by atoms with van der Waals surface area (Å²) < 4.78 is 5.84. The Morgan fingerprint density at radius 2 is 2.08 bits per heavy atom. The summed E-state index contributed by atoms with van der Waals surface area (Å²) in [5.74, 6) is -0.113. The van der Waals surface area contributed by atoms with Crippen molar-refractivity contribution in [2.45, 2.75) is 25.0 Å². The zero-order chi connectivity index (χ0) is 17.4. The van der Waals surface area contributed by atoms with Gasteiger partial charge in [0.05, 0.1) is 12.6 Å². The van der Waals surface area contributed by atoms with Crippen LogP contribution < -0.4 is 10.6 Å². The third kappa shape index (κ3) is 3.00. The van der Waals surface area contributed by atoms with E-state index in [2.05, 4.69) is 22.8 Å². The number of benzene rings is 1. The van der Waals surface area contributed by atoms with Crippen molar-refractivity contribution in [2.75, 3.05) is 19.7 Å². The first kappa shape index (κ1) is 16.1. The molecule has 132 valence electrons. The van der Waals surface area contributed by atoms with E-state index in [1.54, 1.807) is 0 Å². The molecule has 7 nitrogen and oxygen atoms in total. The zero-order valence-corrected chi connectivity index (χ0v) is 13.8. The van der Waals surface area contributed by atoms with Gasteiger partial charge in [0.2, 0.25) is 5.91 Å². The first-order valence-electron chi connectivity index (χ1n) is 8.66. The van der Waals surface area contributed by atoms with E-state index >= 15 is 0 Å². The highest BCUT2D eigenvalue weighted by atomic mass is 16.5. The molecule has 3 aliphatic rings. The van der Waals surface area contributed by atoms with Gasteiger partial charge in [-0.3, -0.25) is 14.5 Å². The van der Waals surface area contributed by atoms with Crippen LogP contribution in [0.25, 0.3) is 0 Å². The lowest BCUT2D eigenvalue weighted by Gasteiger charge is -2.48. The van der Waals surface area contributed by atoms with Crippen molar-refractivity contribution in [3.05, 3.63) is 35.9 Å². The Balaban J connectivity index is 1.40. The predicted molar refractivity (Wildman–Crippen MR) is 88.5 cm³/mol. The normalized spacial score (nSPS) is 30.6. The van der Waals surface area contributed by atoms with Crippen molar-refractivity contribution in [1.29, 1.82) is 0 Å². The molecule has 25 heavy (non-hydrogen) atoms. The monoisotopic (exact) mass is 343 g/mol. The van der Waals surface area contributed by atoms with Gasteiger partial charge in [0.1, 0.15) is 6.54 Å². The molecule has 0 bridgehead atoms. The summed E-state index contributed by atoms with van der Waals surface area (Å²) in [4.78, 5) is 36.5. The summed E-state index contributed by atoms with van der Waals surface area (Å²) in [5.41, 5.74) is 1.22. The molecule has 1 aromatic carbocycles. The fourth-order valence-corrected chi connectivity index (χ4v) is 4.16. The molecule has 0 unspecified atom stereocenters. The number of nitrogens with one attached hydrogen (secondary N) is 2. The van der Waals surface area contributed by atoms with Gasteiger partial charge in [0, 0.05) is 24.5 Å². The van der Waals surface area contributed by atoms with Crippen LogP contribution in [0.2, 0.25) is 0 Å². The number of rotatable bonds is 5. The Bertz CT molecular complexity index is 677. The minimum Gasteiger partial charge on any atom is -0.377 e. The molecule has 2 N–H and O–H groups in total. The molecule has 1 aromatic rings. The first-order valence-corrected chi connectivity index (χ1v) is 8.66. The van der Waals surface area contributed by atoms with Crippen molar-refractivity contribution >= 4 is 17.8 Å². The summed E-state index contributed by atoms with van der Waals surface area (Å²) in [5, 5.41) is 5.46. The van der Waals surface area contributed by atoms with E-state index in [0.717, 1.165) is 24.3 Å². The molecule has 2 saturated heterocycles. The maximum atomic E-state index is 12.4. The van der Waals surface area contributed by atoms with Gasteiger partial charge in [0.15, 0.2) is 0 Å². The second-order valence-corrected chi connectivity index (χ2v) is 6.87. The van der Waals surface area contributed by atoms with Crippen LogP contribution in [0.3, 0.4) is 0 Å². The minimum absolute atomic E-state index is 0.0287. The van der Waals surface area contributed by atoms with Crippen LogP contribution in [0.15, 0.2) is 30.3 Å². The lowest BCUT2D eigenvalue weighted by molar-refractivity contribution is -0.133. The molecule has 0 aromatic heterocycles. The molecule has 0 radical (unpaired) electrons. The van der Waals surface area contributed by atoms with Crippen molar-refractivity contribution in [3.63, 3.8) is 0 Å². The molecule has 3 fully saturated rings. The minimum atomic E-state index is -0.503. The third-order valence-electron chi connectivity index (χ3n) is 5.41. The van der Waals surface area contributed by atoms with Crippen molar-refractivity contribution in [2.24, 2.45) is 11.8 Å². The fraction of sp³-hybridized carbons (Fsp3) is 0.500. The Morgan fingerprint density at radius 3 is 2.80 bits per heavy atom. The Morgan fingerprint density at radius 1 is 1.28 bits per heavy atom. The average molecular weight is 343 g/mol. The lowest BCUT2D eigenvalue weighted by Crippen LogP contribution is -2.63. The molecule has 1 aliphatic carbocycles. The number of amides is 4. The summed E-state index contributed by atoms with van der Waals surface area (Å²) in [6, 6.07) is 9.68. The van der Waals surface area contributed by atoms with E-state index in [1.165, 1.54) is 5.56 Å². The number of imide groups is 1. The van der Waals surface area contributed by atoms with E-state index in [9.17, 15) is 14.4 Å². The Hall–Kier alpha value is -2.41. The highest BCUT2D eigenvalue weighted by Crippen LogP contribution is 2.45. The Labute approximate surface area is 145 Å². The summed E-state index contributed by atoms with van der Waals surface area (Å²) in [6.45, 7) is 0.461. The maximum absolute atomic E-state index is 12.4.